The van der Waals surface area contributed by atoms with E-state index in [9.17, 15) is 9.59 Å². The van der Waals surface area contributed by atoms with Crippen LogP contribution in [0.25, 0.3) is 5.65 Å². The molecule has 6 heteroatoms. The molecule has 3 amide bonds. The second kappa shape index (κ2) is 3.83. The number of aromatic nitrogens is 2. The molecule has 2 aromatic heterocycles. The lowest BCUT2D eigenvalue weighted by atomic mass is 10.3. The Bertz CT molecular complexity index is 647. The number of carbonyl (C=O) groups excluding carboxylic acids is 2. The summed E-state index contributed by atoms with van der Waals surface area (Å²) >= 11 is 0. The summed E-state index contributed by atoms with van der Waals surface area (Å²) in [6.45, 7) is 2.35. The lowest BCUT2D eigenvalue weighted by molar-refractivity contribution is -0.120. The number of imidazole rings is 1. The number of nitrogens with one attached hydrogen (secondary N) is 1. The highest BCUT2D eigenvalue weighted by Gasteiger charge is 2.26. The van der Waals surface area contributed by atoms with Crippen LogP contribution >= 0.6 is 0 Å². The van der Waals surface area contributed by atoms with Gasteiger partial charge in [-0.25, -0.2) is 9.78 Å². The first-order chi connectivity index (χ1) is 8.66. The molecule has 92 valence electrons. The Balaban J connectivity index is 2.07. The summed E-state index contributed by atoms with van der Waals surface area (Å²) in [4.78, 5) is 28.7. The largest absolute Gasteiger partial charge is 0.329 e. The second-order valence-corrected chi connectivity index (χ2v) is 4.26. The van der Waals surface area contributed by atoms with Crippen molar-refractivity contribution in [2.75, 3.05) is 11.4 Å². The fourth-order valence-corrected chi connectivity index (χ4v) is 2.12. The molecular weight excluding hydrogens is 232 g/mol. The molecule has 0 radical (unpaired) electrons. The van der Waals surface area contributed by atoms with Crippen LogP contribution in [0.2, 0.25) is 0 Å². The molecular formula is C12H12N4O2. The standard InChI is InChI=1S/C12H12N4O2/c1-8-3-2-5-15-10(7-13-11(8)15)16-6-4-9(17)14-12(16)18/h2-3,5,7H,4,6H2,1H3,(H,14,17,18). The quantitative estimate of drug-likeness (QED) is 0.816. The number of rotatable bonds is 1. The summed E-state index contributed by atoms with van der Waals surface area (Å²) in [7, 11) is 0. The number of fused-ring (bicyclic) bond motifs is 1. The summed E-state index contributed by atoms with van der Waals surface area (Å²) in [6, 6.07) is 3.47. The van der Waals surface area contributed by atoms with Crippen molar-refractivity contribution in [3.63, 3.8) is 0 Å². The van der Waals surface area contributed by atoms with E-state index in [4.69, 9.17) is 0 Å². The molecule has 0 aliphatic carbocycles. The number of imide groups is 1. The predicted molar refractivity (Wildman–Crippen MR) is 65.4 cm³/mol. The molecule has 6 nitrogen and oxygen atoms in total. The molecule has 0 unspecified atom stereocenters. The summed E-state index contributed by atoms with van der Waals surface area (Å²) in [6.07, 6.45) is 3.82. The molecule has 2 aromatic rings. The number of hydrogen-bond donors (Lipinski definition) is 1. The first-order valence-corrected chi connectivity index (χ1v) is 5.71. The predicted octanol–water partition coefficient (Wildman–Crippen LogP) is 1.09. The monoisotopic (exact) mass is 244 g/mol. The van der Waals surface area contributed by atoms with Gasteiger partial charge in [0.2, 0.25) is 5.91 Å². The van der Waals surface area contributed by atoms with Crippen LogP contribution in [-0.2, 0) is 4.79 Å². The van der Waals surface area contributed by atoms with Crippen molar-refractivity contribution in [2.45, 2.75) is 13.3 Å². The molecule has 3 heterocycles. The Labute approximate surface area is 103 Å². The lowest BCUT2D eigenvalue weighted by Crippen LogP contribution is -2.50. The Kier molecular flexibility index (Phi) is 2.29. The Hall–Kier alpha value is -2.37. The van der Waals surface area contributed by atoms with Gasteiger partial charge in [-0.3, -0.25) is 19.4 Å². The van der Waals surface area contributed by atoms with Crippen LogP contribution in [0.4, 0.5) is 10.6 Å². The summed E-state index contributed by atoms with van der Waals surface area (Å²) in [5.74, 6) is 0.444. The minimum absolute atomic E-state index is 0.235. The van der Waals surface area contributed by atoms with Gasteiger partial charge in [0.1, 0.15) is 11.5 Å². The number of nitrogens with zero attached hydrogens (tertiary/aromatic N) is 3. The van der Waals surface area contributed by atoms with E-state index < -0.39 is 6.03 Å². The molecule has 0 bridgehead atoms. The van der Waals surface area contributed by atoms with Gasteiger partial charge >= 0.3 is 6.03 Å². The zero-order valence-corrected chi connectivity index (χ0v) is 9.88. The Morgan fingerprint density at radius 1 is 1.39 bits per heavy atom. The molecule has 1 aliphatic rings. The summed E-state index contributed by atoms with van der Waals surface area (Å²) in [5.41, 5.74) is 1.86. The highest BCUT2D eigenvalue weighted by molar-refractivity contribution is 6.05. The van der Waals surface area contributed by atoms with Crippen LogP contribution < -0.4 is 10.2 Å². The maximum atomic E-state index is 11.8. The van der Waals surface area contributed by atoms with Gasteiger partial charge in [-0.1, -0.05) is 6.07 Å². The van der Waals surface area contributed by atoms with E-state index in [0.29, 0.717) is 18.8 Å². The Morgan fingerprint density at radius 2 is 2.22 bits per heavy atom. The zero-order chi connectivity index (χ0) is 12.7. The van der Waals surface area contributed by atoms with Crippen molar-refractivity contribution in [1.29, 1.82) is 0 Å². The molecule has 18 heavy (non-hydrogen) atoms. The van der Waals surface area contributed by atoms with Crippen molar-refractivity contribution < 1.29 is 9.59 Å². The molecule has 1 fully saturated rings. The van der Waals surface area contributed by atoms with Crippen LogP contribution in [-0.4, -0.2) is 27.9 Å². The number of hydrogen-bond acceptors (Lipinski definition) is 3. The minimum atomic E-state index is -0.394. The third-order valence-electron chi connectivity index (χ3n) is 3.04. The van der Waals surface area contributed by atoms with E-state index in [1.54, 1.807) is 6.20 Å². The number of urea groups is 1. The van der Waals surface area contributed by atoms with Gasteiger partial charge in [0, 0.05) is 19.2 Å². The van der Waals surface area contributed by atoms with Crippen molar-refractivity contribution in [3.05, 3.63) is 30.1 Å². The first kappa shape index (κ1) is 10.8. The smallest absolute Gasteiger partial charge is 0.286 e. The van der Waals surface area contributed by atoms with Gasteiger partial charge in [0.25, 0.3) is 0 Å². The van der Waals surface area contributed by atoms with Crippen LogP contribution in [0.5, 0.6) is 0 Å². The number of pyridine rings is 1. The normalized spacial score (nSPS) is 16.2. The number of anilines is 1. The topological polar surface area (TPSA) is 66.7 Å². The van der Waals surface area contributed by atoms with E-state index in [1.807, 2.05) is 29.7 Å². The lowest BCUT2D eigenvalue weighted by Gasteiger charge is -2.25. The van der Waals surface area contributed by atoms with Crippen molar-refractivity contribution in [3.8, 4) is 0 Å². The second-order valence-electron chi connectivity index (χ2n) is 4.26. The molecule has 1 aliphatic heterocycles. The highest BCUT2D eigenvalue weighted by Crippen LogP contribution is 2.20. The third-order valence-corrected chi connectivity index (χ3v) is 3.04. The number of aryl methyl sites for hydroxylation is 1. The average Bonchev–Trinajstić information content (AvgIpc) is 2.74. The van der Waals surface area contributed by atoms with Gasteiger partial charge in [0.15, 0.2) is 0 Å². The number of amides is 3. The molecule has 0 saturated carbocycles. The Morgan fingerprint density at radius 3 is 3.00 bits per heavy atom. The van der Waals surface area contributed by atoms with Crippen molar-refractivity contribution in [2.24, 2.45) is 0 Å². The molecule has 0 aromatic carbocycles. The van der Waals surface area contributed by atoms with Crippen molar-refractivity contribution in [1.82, 2.24) is 14.7 Å². The van der Waals surface area contributed by atoms with Gasteiger partial charge in [-0.15, -0.1) is 0 Å². The van der Waals surface area contributed by atoms with E-state index in [2.05, 4.69) is 10.3 Å². The van der Waals surface area contributed by atoms with E-state index in [0.717, 1.165) is 11.2 Å². The third kappa shape index (κ3) is 1.54. The molecule has 1 saturated heterocycles. The van der Waals surface area contributed by atoms with Gasteiger partial charge in [-0.2, -0.15) is 0 Å². The van der Waals surface area contributed by atoms with Crippen LogP contribution in [0, 0.1) is 6.92 Å². The van der Waals surface area contributed by atoms with Crippen LogP contribution in [0.3, 0.4) is 0 Å². The van der Waals surface area contributed by atoms with E-state index in [-0.39, 0.29) is 5.91 Å². The molecule has 0 spiro atoms. The molecule has 1 N–H and O–H groups in total. The molecule has 0 atom stereocenters. The maximum Gasteiger partial charge on any atom is 0.329 e. The van der Waals surface area contributed by atoms with Crippen molar-refractivity contribution >= 4 is 23.4 Å². The molecule has 3 rings (SSSR count). The first-order valence-electron chi connectivity index (χ1n) is 5.71. The highest BCUT2D eigenvalue weighted by atomic mass is 16.2. The maximum absolute atomic E-state index is 11.8. The van der Waals surface area contributed by atoms with Crippen LogP contribution in [0.15, 0.2) is 24.5 Å². The van der Waals surface area contributed by atoms with E-state index in [1.165, 1.54) is 4.90 Å². The van der Waals surface area contributed by atoms with Gasteiger partial charge in [-0.05, 0) is 18.6 Å². The minimum Gasteiger partial charge on any atom is -0.286 e. The average molecular weight is 244 g/mol. The van der Waals surface area contributed by atoms with Gasteiger partial charge in [0.05, 0.1) is 6.20 Å². The summed E-state index contributed by atoms with van der Waals surface area (Å²) in [5, 5.41) is 2.30. The fourth-order valence-electron chi connectivity index (χ4n) is 2.12. The number of carbonyl (C=O) groups is 2. The van der Waals surface area contributed by atoms with Gasteiger partial charge < -0.3 is 0 Å². The summed E-state index contributed by atoms with van der Waals surface area (Å²) < 4.78 is 1.85. The zero-order valence-electron chi connectivity index (χ0n) is 9.88. The van der Waals surface area contributed by atoms with E-state index >= 15 is 0 Å². The SMILES string of the molecule is Cc1cccn2c(N3CCC(=O)NC3=O)cnc12. The van der Waals surface area contributed by atoms with Crippen LogP contribution in [0.1, 0.15) is 12.0 Å². The fraction of sp³-hybridized carbons (Fsp3) is 0.250.